The van der Waals surface area contributed by atoms with Gasteiger partial charge in [-0.2, -0.15) is 0 Å². The quantitative estimate of drug-likeness (QED) is 0.870. The second kappa shape index (κ2) is 6.22. The van der Waals surface area contributed by atoms with Gasteiger partial charge in [0.25, 0.3) is 0 Å². The monoisotopic (exact) mass is 299 g/mol. The zero-order valence-electron chi connectivity index (χ0n) is 11.8. The molecule has 1 fully saturated rings. The summed E-state index contributed by atoms with van der Waals surface area (Å²) in [6.45, 7) is 1.61. The standard InChI is InChI=1S/C15H22FNO2S/c1-11-9-13(16)7-8-15(11)20(18,19)10-14(17)12-5-3-2-4-6-12/h7-9,12,14H,2-6,10,17H2,1H3. The van der Waals surface area contributed by atoms with Gasteiger partial charge in [-0.15, -0.1) is 0 Å². The first kappa shape index (κ1) is 15.4. The van der Waals surface area contributed by atoms with Crippen LogP contribution in [0.1, 0.15) is 37.7 Å². The van der Waals surface area contributed by atoms with Crippen LogP contribution in [0.15, 0.2) is 23.1 Å². The van der Waals surface area contributed by atoms with Crippen molar-refractivity contribution in [2.45, 2.75) is 50.0 Å². The SMILES string of the molecule is Cc1cc(F)ccc1S(=O)(=O)CC(N)C1CCCCC1. The molecule has 1 saturated carbocycles. The Morgan fingerprint density at radius 3 is 2.55 bits per heavy atom. The van der Waals surface area contributed by atoms with E-state index >= 15 is 0 Å². The summed E-state index contributed by atoms with van der Waals surface area (Å²) < 4.78 is 37.9. The van der Waals surface area contributed by atoms with Gasteiger partial charge in [-0.1, -0.05) is 19.3 Å². The summed E-state index contributed by atoms with van der Waals surface area (Å²) in [5, 5.41) is 0. The zero-order chi connectivity index (χ0) is 14.8. The molecule has 0 aliphatic heterocycles. The van der Waals surface area contributed by atoms with Crippen LogP contribution in [0.5, 0.6) is 0 Å². The summed E-state index contributed by atoms with van der Waals surface area (Å²) in [4.78, 5) is 0.199. The maximum Gasteiger partial charge on any atom is 0.180 e. The Hall–Kier alpha value is -0.940. The summed E-state index contributed by atoms with van der Waals surface area (Å²) in [6, 6.07) is 3.45. The number of aryl methyl sites for hydroxylation is 1. The summed E-state index contributed by atoms with van der Waals surface area (Å²) in [5.74, 6) is -0.179. The van der Waals surface area contributed by atoms with Crippen LogP contribution in [0, 0.1) is 18.7 Å². The number of sulfone groups is 1. The molecule has 1 aromatic rings. The van der Waals surface area contributed by atoms with Gasteiger partial charge in [0, 0.05) is 6.04 Å². The minimum atomic E-state index is -3.45. The van der Waals surface area contributed by atoms with Crippen molar-refractivity contribution in [3.05, 3.63) is 29.6 Å². The topological polar surface area (TPSA) is 60.2 Å². The highest BCUT2D eigenvalue weighted by atomic mass is 32.2. The lowest BCUT2D eigenvalue weighted by molar-refractivity contribution is 0.317. The van der Waals surface area contributed by atoms with Gasteiger partial charge in [-0.3, -0.25) is 0 Å². The first-order valence-corrected chi connectivity index (χ1v) is 8.80. The lowest BCUT2D eigenvalue weighted by Crippen LogP contribution is -2.38. The van der Waals surface area contributed by atoms with Gasteiger partial charge in [-0.05, 0) is 49.4 Å². The van der Waals surface area contributed by atoms with Crippen molar-refractivity contribution >= 4 is 9.84 Å². The average molecular weight is 299 g/mol. The third-order valence-electron chi connectivity index (χ3n) is 4.14. The Labute approximate surface area is 120 Å². The third-order valence-corrected chi connectivity index (χ3v) is 6.09. The van der Waals surface area contributed by atoms with E-state index in [-0.39, 0.29) is 16.7 Å². The second-order valence-corrected chi connectivity index (χ2v) is 7.76. The van der Waals surface area contributed by atoms with Crippen LogP contribution in [0.3, 0.4) is 0 Å². The van der Waals surface area contributed by atoms with E-state index in [1.807, 2.05) is 0 Å². The molecule has 1 aromatic carbocycles. The normalized spacial score (nSPS) is 18.9. The Bertz CT molecular complexity index is 565. The number of hydrogen-bond acceptors (Lipinski definition) is 3. The number of benzene rings is 1. The first-order chi connectivity index (χ1) is 9.40. The molecule has 0 radical (unpaired) electrons. The van der Waals surface area contributed by atoms with Crippen LogP contribution in [0.4, 0.5) is 4.39 Å². The molecule has 0 heterocycles. The minimum absolute atomic E-state index is 0.0514. The van der Waals surface area contributed by atoms with Gasteiger partial charge in [-0.25, -0.2) is 12.8 Å². The van der Waals surface area contributed by atoms with Gasteiger partial charge < -0.3 is 5.73 Å². The molecule has 0 spiro atoms. The van der Waals surface area contributed by atoms with Gasteiger partial charge in [0.05, 0.1) is 10.6 Å². The Balaban J connectivity index is 2.13. The van der Waals surface area contributed by atoms with Crippen molar-refractivity contribution in [2.75, 3.05) is 5.75 Å². The minimum Gasteiger partial charge on any atom is -0.327 e. The molecule has 1 aliphatic carbocycles. The number of hydrogen-bond donors (Lipinski definition) is 1. The predicted molar refractivity (Wildman–Crippen MR) is 77.7 cm³/mol. The maximum absolute atomic E-state index is 13.1. The maximum atomic E-state index is 13.1. The lowest BCUT2D eigenvalue weighted by atomic mass is 9.85. The molecule has 2 N–H and O–H groups in total. The van der Waals surface area contributed by atoms with Crippen LogP contribution >= 0.6 is 0 Å². The van der Waals surface area contributed by atoms with Gasteiger partial charge >= 0.3 is 0 Å². The molecule has 20 heavy (non-hydrogen) atoms. The molecular weight excluding hydrogens is 277 g/mol. The van der Waals surface area contributed by atoms with Crippen molar-refractivity contribution in [3.63, 3.8) is 0 Å². The Morgan fingerprint density at radius 1 is 1.30 bits per heavy atom. The fourth-order valence-corrected chi connectivity index (χ4v) is 4.79. The largest absolute Gasteiger partial charge is 0.327 e. The number of rotatable bonds is 4. The number of halogens is 1. The van der Waals surface area contributed by atoms with E-state index in [4.69, 9.17) is 5.73 Å². The third kappa shape index (κ3) is 3.58. The van der Waals surface area contributed by atoms with Crippen molar-refractivity contribution in [3.8, 4) is 0 Å². The molecule has 3 nitrogen and oxygen atoms in total. The van der Waals surface area contributed by atoms with Crippen LogP contribution in [-0.4, -0.2) is 20.2 Å². The summed E-state index contributed by atoms with van der Waals surface area (Å²) in [6.07, 6.45) is 5.51. The highest BCUT2D eigenvalue weighted by molar-refractivity contribution is 7.91. The summed E-state index contributed by atoms with van der Waals surface area (Å²) >= 11 is 0. The van der Waals surface area contributed by atoms with Crippen molar-refractivity contribution < 1.29 is 12.8 Å². The molecular formula is C15H22FNO2S. The van der Waals surface area contributed by atoms with E-state index < -0.39 is 15.7 Å². The summed E-state index contributed by atoms with van der Waals surface area (Å²) in [5.41, 5.74) is 6.54. The van der Waals surface area contributed by atoms with E-state index in [0.717, 1.165) is 25.7 Å². The molecule has 1 aliphatic rings. The molecule has 0 amide bonds. The molecule has 0 saturated heterocycles. The molecule has 0 aromatic heterocycles. The molecule has 0 bridgehead atoms. The van der Waals surface area contributed by atoms with Crippen molar-refractivity contribution in [1.82, 2.24) is 0 Å². The highest BCUT2D eigenvalue weighted by Gasteiger charge is 2.27. The molecule has 5 heteroatoms. The van der Waals surface area contributed by atoms with Crippen LogP contribution in [0.2, 0.25) is 0 Å². The van der Waals surface area contributed by atoms with E-state index in [1.54, 1.807) is 6.92 Å². The van der Waals surface area contributed by atoms with Crippen LogP contribution in [-0.2, 0) is 9.84 Å². The van der Waals surface area contributed by atoms with Crippen LogP contribution < -0.4 is 5.73 Å². The van der Waals surface area contributed by atoms with Crippen LogP contribution in [0.25, 0.3) is 0 Å². The smallest absolute Gasteiger partial charge is 0.180 e. The van der Waals surface area contributed by atoms with E-state index in [0.29, 0.717) is 11.5 Å². The second-order valence-electron chi connectivity index (χ2n) is 5.75. The van der Waals surface area contributed by atoms with Crippen molar-refractivity contribution in [2.24, 2.45) is 11.7 Å². The first-order valence-electron chi connectivity index (χ1n) is 7.14. The zero-order valence-corrected chi connectivity index (χ0v) is 12.6. The van der Waals surface area contributed by atoms with Gasteiger partial charge in [0.2, 0.25) is 0 Å². The van der Waals surface area contributed by atoms with Gasteiger partial charge in [0.1, 0.15) is 5.82 Å². The van der Waals surface area contributed by atoms with E-state index in [9.17, 15) is 12.8 Å². The lowest BCUT2D eigenvalue weighted by Gasteiger charge is -2.27. The van der Waals surface area contributed by atoms with E-state index in [1.165, 1.54) is 24.6 Å². The Kier molecular flexibility index (Phi) is 4.81. The van der Waals surface area contributed by atoms with Crippen molar-refractivity contribution in [1.29, 1.82) is 0 Å². The molecule has 1 atom stereocenters. The molecule has 2 rings (SSSR count). The average Bonchev–Trinajstić information content (AvgIpc) is 2.38. The molecule has 1 unspecified atom stereocenters. The van der Waals surface area contributed by atoms with E-state index in [2.05, 4.69) is 0 Å². The fourth-order valence-electron chi connectivity index (χ4n) is 3.00. The highest BCUT2D eigenvalue weighted by Crippen LogP contribution is 2.27. The fraction of sp³-hybridized carbons (Fsp3) is 0.600. The Morgan fingerprint density at radius 2 is 1.95 bits per heavy atom. The number of nitrogens with two attached hydrogens (primary N) is 1. The predicted octanol–water partition coefficient (Wildman–Crippen LogP) is 2.82. The molecule has 112 valence electrons. The van der Waals surface area contributed by atoms with Gasteiger partial charge in [0.15, 0.2) is 9.84 Å². The summed E-state index contributed by atoms with van der Waals surface area (Å²) in [7, 11) is -3.45.